The highest BCUT2D eigenvalue weighted by Gasteiger charge is 2.49. The van der Waals surface area contributed by atoms with E-state index in [0.717, 1.165) is 25.1 Å². The third-order valence-electron chi connectivity index (χ3n) is 6.56. The summed E-state index contributed by atoms with van der Waals surface area (Å²) in [6, 6.07) is 4.76. The zero-order chi connectivity index (χ0) is 17.9. The standard InChI is InChI=1S/C19H26ClN3O2/c1-19(11-6-13-4-5-14(7-11)23(13)3)10-22(2)16-9-12(20)8-15(18(21)24)17(16)25-19/h8-9,11,13-14H,4-7,10H2,1-3H3,(H2,21,24). The lowest BCUT2D eigenvalue weighted by molar-refractivity contribution is -0.0207. The number of likely N-dealkylation sites (N-methyl/N-ethyl adjacent to an activating group) is 1. The molecule has 3 atom stereocenters. The number of nitrogens with zero attached hydrogens (tertiary/aromatic N) is 2. The molecule has 1 amide bonds. The van der Waals surface area contributed by atoms with Gasteiger partial charge in [-0.15, -0.1) is 0 Å². The minimum absolute atomic E-state index is 0.331. The predicted molar refractivity (Wildman–Crippen MR) is 99.6 cm³/mol. The number of hydrogen-bond donors (Lipinski definition) is 1. The molecule has 2 saturated heterocycles. The first-order valence-electron chi connectivity index (χ1n) is 9.04. The topological polar surface area (TPSA) is 58.8 Å². The van der Waals surface area contributed by atoms with Gasteiger partial charge in [0.05, 0.1) is 17.8 Å². The van der Waals surface area contributed by atoms with Crippen molar-refractivity contribution in [2.75, 3.05) is 25.5 Å². The Labute approximate surface area is 154 Å². The minimum atomic E-state index is -0.500. The zero-order valence-corrected chi connectivity index (χ0v) is 15.8. The molecular formula is C19H26ClN3O2. The number of carbonyl (C=O) groups is 1. The number of fused-ring (bicyclic) bond motifs is 3. The molecule has 3 heterocycles. The van der Waals surface area contributed by atoms with Crippen LogP contribution in [0, 0.1) is 5.92 Å². The second kappa shape index (κ2) is 5.78. The van der Waals surface area contributed by atoms with Crippen molar-refractivity contribution in [1.29, 1.82) is 0 Å². The van der Waals surface area contributed by atoms with Crippen LogP contribution in [0.5, 0.6) is 5.75 Å². The number of rotatable bonds is 2. The number of benzene rings is 1. The quantitative estimate of drug-likeness (QED) is 0.877. The fourth-order valence-electron chi connectivity index (χ4n) is 5.10. The van der Waals surface area contributed by atoms with Gasteiger partial charge >= 0.3 is 0 Å². The first kappa shape index (κ1) is 17.0. The van der Waals surface area contributed by atoms with E-state index in [-0.39, 0.29) is 5.60 Å². The van der Waals surface area contributed by atoms with E-state index in [1.165, 1.54) is 12.8 Å². The summed E-state index contributed by atoms with van der Waals surface area (Å²) in [4.78, 5) is 16.6. The number of hydrogen-bond acceptors (Lipinski definition) is 4. The van der Waals surface area contributed by atoms with Gasteiger partial charge in [0.15, 0.2) is 5.75 Å². The van der Waals surface area contributed by atoms with Gasteiger partial charge in [0.25, 0.3) is 5.91 Å². The van der Waals surface area contributed by atoms with Crippen molar-refractivity contribution >= 4 is 23.2 Å². The molecule has 3 aliphatic heterocycles. The maximum Gasteiger partial charge on any atom is 0.252 e. The number of anilines is 1. The number of piperidine rings is 1. The molecule has 6 heteroatoms. The summed E-state index contributed by atoms with van der Waals surface area (Å²) in [7, 11) is 4.28. The largest absolute Gasteiger partial charge is 0.482 e. The van der Waals surface area contributed by atoms with Crippen LogP contribution in [0.25, 0.3) is 0 Å². The number of carbonyl (C=O) groups excluding carboxylic acids is 1. The van der Waals surface area contributed by atoms with E-state index in [2.05, 4.69) is 23.8 Å². The van der Waals surface area contributed by atoms with Gasteiger partial charge in [0.2, 0.25) is 0 Å². The van der Waals surface area contributed by atoms with E-state index >= 15 is 0 Å². The Hall–Kier alpha value is -1.46. The number of nitrogens with two attached hydrogens (primary N) is 1. The third kappa shape index (κ3) is 2.68. The van der Waals surface area contributed by atoms with Gasteiger partial charge in [-0.05, 0) is 51.8 Å². The van der Waals surface area contributed by atoms with Crippen molar-refractivity contribution in [1.82, 2.24) is 4.90 Å². The van der Waals surface area contributed by atoms with Gasteiger partial charge in [-0.1, -0.05) is 11.6 Å². The van der Waals surface area contributed by atoms with E-state index in [0.29, 0.717) is 34.3 Å². The zero-order valence-electron chi connectivity index (χ0n) is 15.1. The van der Waals surface area contributed by atoms with Gasteiger partial charge in [-0.2, -0.15) is 0 Å². The highest BCUT2D eigenvalue weighted by Crippen LogP contribution is 2.48. The summed E-state index contributed by atoms with van der Waals surface area (Å²) in [5.74, 6) is 0.549. The van der Waals surface area contributed by atoms with Crippen molar-refractivity contribution in [2.24, 2.45) is 11.7 Å². The Kier molecular flexibility index (Phi) is 3.92. The lowest BCUT2D eigenvalue weighted by Gasteiger charge is -2.49. The van der Waals surface area contributed by atoms with Crippen molar-refractivity contribution in [2.45, 2.75) is 50.3 Å². The fraction of sp³-hybridized carbons (Fsp3) is 0.632. The van der Waals surface area contributed by atoms with Gasteiger partial charge in [0, 0.05) is 30.1 Å². The van der Waals surface area contributed by atoms with Crippen molar-refractivity contribution in [3.63, 3.8) is 0 Å². The average Bonchev–Trinajstić information content (AvgIpc) is 2.75. The Bertz CT molecular complexity index is 711. The lowest BCUT2D eigenvalue weighted by atomic mass is 9.77. The van der Waals surface area contributed by atoms with Crippen molar-refractivity contribution in [3.8, 4) is 5.75 Å². The molecule has 1 aromatic rings. The smallest absolute Gasteiger partial charge is 0.252 e. The molecule has 2 fully saturated rings. The van der Waals surface area contributed by atoms with Crippen LogP contribution in [0.4, 0.5) is 5.69 Å². The molecule has 5 nitrogen and oxygen atoms in total. The van der Waals surface area contributed by atoms with E-state index in [4.69, 9.17) is 22.1 Å². The van der Waals surface area contributed by atoms with Crippen LogP contribution in [0.2, 0.25) is 5.02 Å². The van der Waals surface area contributed by atoms with Crippen LogP contribution in [0.1, 0.15) is 43.0 Å². The number of amides is 1. The monoisotopic (exact) mass is 363 g/mol. The summed E-state index contributed by atoms with van der Waals surface area (Å²) < 4.78 is 6.52. The predicted octanol–water partition coefficient (Wildman–Crippen LogP) is 2.90. The highest BCUT2D eigenvalue weighted by molar-refractivity contribution is 6.31. The maximum atomic E-state index is 11.9. The van der Waals surface area contributed by atoms with E-state index < -0.39 is 5.91 Å². The van der Waals surface area contributed by atoms with Crippen molar-refractivity contribution in [3.05, 3.63) is 22.7 Å². The van der Waals surface area contributed by atoms with Crippen LogP contribution in [-0.4, -0.2) is 49.1 Å². The van der Waals surface area contributed by atoms with Crippen LogP contribution in [-0.2, 0) is 0 Å². The third-order valence-corrected chi connectivity index (χ3v) is 6.78. The molecule has 25 heavy (non-hydrogen) atoms. The second-order valence-electron chi connectivity index (χ2n) is 8.16. The first-order valence-corrected chi connectivity index (χ1v) is 9.42. The lowest BCUT2D eigenvalue weighted by Crippen LogP contribution is -2.57. The summed E-state index contributed by atoms with van der Waals surface area (Å²) >= 11 is 6.18. The SMILES string of the molecule is CN1CC(C)(C2CC3CCC(C2)N3C)Oc2c(C(N)=O)cc(Cl)cc21. The molecule has 136 valence electrons. The summed E-state index contributed by atoms with van der Waals surface area (Å²) in [5, 5.41) is 0.504. The summed E-state index contributed by atoms with van der Waals surface area (Å²) in [5.41, 5.74) is 6.47. The van der Waals surface area contributed by atoms with E-state index in [1.54, 1.807) is 6.07 Å². The van der Waals surface area contributed by atoms with Crippen LogP contribution in [0.3, 0.4) is 0 Å². The van der Waals surface area contributed by atoms with Crippen LogP contribution >= 0.6 is 11.6 Å². The molecule has 4 rings (SSSR count). The Morgan fingerprint density at radius 3 is 2.52 bits per heavy atom. The molecule has 3 unspecified atom stereocenters. The van der Waals surface area contributed by atoms with Crippen molar-refractivity contribution < 1.29 is 9.53 Å². The van der Waals surface area contributed by atoms with E-state index in [9.17, 15) is 4.79 Å². The second-order valence-corrected chi connectivity index (χ2v) is 8.59. The number of primary amides is 1. The molecule has 2 N–H and O–H groups in total. The maximum absolute atomic E-state index is 11.9. The molecule has 3 aliphatic rings. The highest BCUT2D eigenvalue weighted by atomic mass is 35.5. The summed E-state index contributed by atoms with van der Waals surface area (Å²) in [6.45, 7) is 2.97. The first-order chi connectivity index (χ1) is 11.8. The molecular weight excluding hydrogens is 338 g/mol. The van der Waals surface area contributed by atoms with Gasteiger partial charge < -0.3 is 20.3 Å². The summed E-state index contributed by atoms with van der Waals surface area (Å²) in [6.07, 6.45) is 4.85. The normalized spacial score (nSPS) is 34.6. The van der Waals surface area contributed by atoms with Gasteiger partial charge in [-0.25, -0.2) is 0 Å². The average molecular weight is 364 g/mol. The molecule has 0 radical (unpaired) electrons. The van der Waals surface area contributed by atoms with E-state index in [1.807, 2.05) is 13.1 Å². The van der Waals surface area contributed by atoms with Gasteiger partial charge in [0.1, 0.15) is 5.60 Å². The minimum Gasteiger partial charge on any atom is -0.482 e. The Morgan fingerprint density at radius 1 is 1.28 bits per heavy atom. The van der Waals surface area contributed by atoms with Gasteiger partial charge in [-0.3, -0.25) is 4.79 Å². The Balaban J connectivity index is 1.70. The number of ether oxygens (including phenoxy) is 1. The molecule has 0 spiro atoms. The molecule has 2 bridgehead atoms. The molecule has 0 aliphatic carbocycles. The van der Waals surface area contributed by atoms with Crippen LogP contribution in [0.15, 0.2) is 12.1 Å². The molecule has 0 saturated carbocycles. The number of halogens is 1. The van der Waals surface area contributed by atoms with Crippen LogP contribution < -0.4 is 15.4 Å². The molecule has 1 aromatic carbocycles. The fourth-order valence-corrected chi connectivity index (χ4v) is 5.31. The molecule has 0 aromatic heterocycles. The Morgan fingerprint density at radius 2 is 1.92 bits per heavy atom.